The Morgan fingerprint density at radius 1 is 1.09 bits per heavy atom. The minimum Gasteiger partial charge on any atom is -0.455 e. The van der Waals surface area contributed by atoms with Gasteiger partial charge < -0.3 is 14.5 Å². The lowest BCUT2D eigenvalue weighted by Crippen LogP contribution is -2.38. The number of morpholine rings is 1. The highest BCUT2D eigenvalue weighted by molar-refractivity contribution is 6.07. The van der Waals surface area contributed by atoms with Crippen LogP contribution in [0.5, 0.6) is 0 Å². The predicted octanol–water partition coefficient (Wildman–Crippen LogP) is 2.51. The quantitative estimate of drug-likeness (QED) is 0.512. The summed E-state index contributed by atoms with van der Waals surface area (Å²) in [4.78, 5) is 27.4. The fraction of sp³-hybridized carbons (Fsp3) is 0.458. The average Bonchev–Trinajstić information content (AvgIpc) is 3.18. The molecule has 2 aromatic rings. The van der Waals surface area contributed by atoms with E-state index in [2.05, 4.69) is 20.7 Å². The van der Waals surface area contributed by atoms with Crippen LogP contribution in [0.2, 0.25) is 0 Å². The van der Waals surface area contributed by atoms with E-state index in [4.69, 9.17) is 9.15 Å². The fourth-order valence-corrected chi connectivity index (χ4v) is 4.18. The summed E-state index contributed by atoms with van der Waals surface area (Å²) in [7, 11) is 0. The number of carbonyl (C=O) groups is 2. The number of hydrazone groups is 1. The molecule has 0 bridgehead atoms. The lowest BCUT2D eigenvalue weighted by atomic mass is 9.93. The second-order valence-corrected chi connectivity index (χ2v) is 8.14. The smallest absolute Gasteiger partial charge is 0.287 e. The van der Waals surface area contributed by atoms with Crippen LogP contribution in [0.3, 0.4) is 0 Å². The van der Waals surface area contributed by atoms with Crippen LogP contribution in [-0.4, -0.2) is 61.8 Å². The Balaban J connectivity index is 1.38. The third-order valence-corrected chi connectivity index (χ3v) is 5.90. The molecule has 1 saturated heterocycles. The number of benzene rings is 1. The summed E-state index contributed by atoms with van der Waals surface area (Å²) in [5.74, 6) is 0.640. The van der Waals surface area contributed by atoms with Gasteiger partial charge in [0.15, 0.2) is 5.76 Å². The lowest BCUT2D eigenvalue weighted by Gasteiger charge is -2.26. The zero-order valence-electron chi connectivity index (χ0n) is 18.5. The molecule has 32 heavy (non-hydrogen) atoms. The van der Waals surface area contributed by atoms with Crippen molar-refractivity contribution in [2.45, 2.75) is 32.6 Å². The molecule has 170 valence electrons. The number of hydrogen-bond donors (Lipinski definition) is 2. The van der Waals surface area contributed by atoms with Gasteiger partial charge in [-0.05, 0) is 44.9 Å². The van der Waals surface area contributed by atoms with Gasteiger partial charge in [0.1, 0.15) is 5.76 Å². The van der Waals surface area contributed by atoms with Crippen molar-refractivity contribution >= 4 is 17.5 Å². The van der Waals surface area contributed by atoms with Gasteiger partial charge in [0.05, 0.1) is 18.9 Å². The first-order valence-electron chi connectivity index (χ1n) is 11.3. The van der Waals surface area contributed by atoms with E-state index in [0.29, 0.717) is 17.9 Å². The number of fused-ring (bicyclic) bond motifs is 1. The highest BCUT2D eigenvalue weighted by Crippen LogP contribution is 2.29. The first-order chi connectivity index (χ1) is 15.6. The van der Waals surface area contributed by atoms with Gasteiger partial charge in [-0.15, -0.1) is 0 Å². The zero-order valence-corrected chi connectivity index (χ0v) is 18.5. The SMILES string of the molecule is Cc1c(C(=O)NCCCN2CCOCC2)oc2c1/C(=N/NC(=O)c1ccccc1)CCC2. The van der Waals surface area contributed by atoms with E-state index in [9.17, 15) is 9.59 Å². The van der Waals surface area contributed by atoms with Crippen molar-refractivity contribution < 1.29 is 18.7 Å². The lowest BCUT2D eigenvalue weighted by molar-refractivity contribution is 0.0374. The van der Waals surface area contributed by atoms with Crippen LogP contribution in [0.15, 0.2) is 39.9 Å². The minimum atomic E-state index is -0.260. The van der Waals surface area contributed by atoms with E-state index in [-0.39, 0.29) is 11.8 Å². The van der Waals surface area contributed by atoms with Crippen LogP contribution in [0.1, 0.15) is 57.1 Å². The van der Waals surface area contributed by atoms with Crippen LogP contribution >= 0.6 is 0 Å². The maximum Gasteiger partial charge on any atom is 0.287 e. The zero-order chi connectivity index (χ0) is 22.3. The number of hydrogen-bond acceptors (Lipinski definition) is 6. The van der Waals surface area contributed by atoms with Crippen LogP contribution in [0, 0.1) is 6.92 Å². The van der Waals surface area contributed by atoms with Gasteiger partial charge in [-0.2, -0.15) is 5.10 Å². The predicted molar refractivity (Wildman–Crippen MR) is 121 cm³/mol. The molecule has 0 spiro atoms. The van der Waals surface area contributed by atoms with Crippen LogP contribution < -0.4 is 10.7 Å². The van der Waals surface area contributed by atoms with Crippen molar-refractivity contribution in [3.63, 3.8) is 0 Å². The molecule has 1 fully saturated rings. The van der Waals surface area contributed by atoms with Gasteiger partial charge in [-0.25, -0.2) is 5.43 Å². The summed E-state index contributed by atoms with van der Waals surface area (Å²) in [6, 6.07) is 8.97. The Bertz CT molecular complexity index is 977. The summed E-state index contributed by atoms with van der Waals surface area (Å²) in [5, 5.41) is 7.35. The molecular formula is C24H30N4O4. The Labute approximate surface area is 188 Å². The molecule has 0 saturated carbocycles. The molecule has 1 aromatic carbocycles. The van der Waals surface area contributed by atoms with Crippen molar-refractivity contribution in [1.29, 1.82) is 0 Å². The van der Waals surface area contributed by atoms with Gasteiger partial charge in [0.2, 0.25) is 0 Å². The van der Waals surface area contributed by atoms with Crippen LogP contribution in [-0.2, 0) is 11.2 Å². The van der Waals surface area contributed by atoms with Gasteiger partial charge >= 0.3 is 0 Å². The number of furan rings is 1. The topological polar surface area (TPSA) is 96.2 Å². The Hall–Kier alpha value is -2.97. The second kappa shape index (κ2) is 10.6. The normalized spacial score (nSPS) is 17.7. The van der Waals surface area contributed by atoms with Gasteiger partial charge in [0, 0.05) is 42.7 Å². The molecule has 4 rings (SSSR count). The molecule has 1 aliphatic carbocycles. The maximum absolute atomic E-state index is 12.7. The van der Waals surface area contributed by atoms with E-state index < -0.39 is 0 Å². The third-order valence-electron chi connectivity index (χ3n) is 5.90. The van der Waals surface area contributed by atoms with Crippen LogP contribution in [0.4, 0.5) is 0 Å². The summed E-state index contributed by atoms with van der Waals surface area (Å²) >= 11 is 0. The molecule has 0 unspecified atom stereocenters. The Morgan fingerprint density at radius 3 is 2.66 bits per heavy atom. The molecule has 2 aliphatic rings. The Morgan fingerprint density at radius 2 is 1.88 bits per heavy atom. The van der Waals surface area contributed by atoms with Crippen molar-refractivity contribution in [2.75, 3.05) is 39.4 Å². The number of rotatable bonds is 7. The molecular weight excluding hydrogens is 408 g/mol. The van der Waals surface area contributed by atoms with E-state index in [1.807, 2.05) is 25.1 Å². The first-order valence-corrected chi connectivity index (χ1v) is 11.3. The van der Waals surface area contributed by atoms with E-state index >= 15 is 0 Å². The highest BCUT2D eigenvalue weighted by atomic mass is 16.5. The summed E-state index contributed by atoms with van der Waals surface area (Å²) < 4.78 is 11.3. The van der Waals surface area contributed by atoms with Crippen LogP contribution in [0.25, 0.3) is 0 Å². The van der Waals surface area contributed by atoms with Crippen molar-refractivity contribution in [3.05, 3.63) is 58.5 Å². The number of aryl methyl sites for hydroxylation is 1. The summed E-state index contributed by atoms with van der Waals surface area (Å²) in [6.07, 6.45) is 3.22. The summed E-state index contributed by atoms with van der Waals surface area (Å²) in [5.41, 5.74) is 5.57. The molecule has 2 amide bonds. The number of nitrogens with one attached hydrogen (secondary N) is 2. The van der Waals surface area contributed by atoms with E-state index in [1.165, 1.54) is 0 Å². The molecule has 1 aromatic heterocycles. The first kappa shape index (κ1) is 22.2. The minimum absolute atomic E-state index is 0.202. The molecule has 2 N–H and O–H groups in total. The molecule has 0 radical (unpaired) electrons. The van der Waals surface area contributed by atoms with Crippen molar-refractivity contribution in [3.8, 4) is 0 Å². The number of nitrogens with zero attached hydrogens (tertiary/aromatic N) is 2. The number of carbonyl (C=O) groups excluding carboxylic acids is 2. The van der Waals surface area contributed by atoms with E-state index in [1.54, 1.807) is 12.1 Å². The molecule has 2 heterocycles. The monoisotopic (exact) mass is 438 g/mol. The molecule has 1 aliphatic heterocycles. The second-order valence-electron chi connectivity index (χ2n) is 8.14. The van der Waals surface area contributed by atoms with Gasteiger partial charge in [-0.3, -0.25) is 14.5 Å². The molecule has 0 atom stereocenters. The van der Waals surface area contributed by atoms with Gasteiger partial charge in [-0.1, -0.05) is 18.2 Å². The molecule has 8 heteroatoms. The largest absolute Gasteiger partial charge is 0.455 e. The van der Waals surface area contributed by atoms with E-state index in [0.717, 1.165) is 81.1 Å². The van der Waals surface area contributed by atoms with Gasteiger partial charge in [0.25, 0.3) is 11.8 Å². The third kappa shape index (κ3) is 5.26. The Kier molecular flexibility index (Phi) is 7.34. The molecule has 8 nitrogen and oxygen atoms in total. The number of amides is 2. The standard InChI is InChI=1S/C24H30N4O4/c1-17-21-19(26-27-23(29)18-7-3-2-4-8-18)9-5-10-20(21)32-22(17)24(30)25-11-6-12-28-13-15-31-16-14-28/h2-4,7-8H,5-6,9-16H2,1H3,(H,25,30)(H,27,29)/b26-19+. The summed E-state index contributed by atoms with van der Waals surface area (Å²) in [6.45, 7) is 6.86. The van der Waals surface area contributed by atoms with Crippen molar-refractivity contribution in [1.82, 2.24) is 15.6 Å². The van der Waals surface area contributed by atoms with Crippen molar-refractivity contribution in [2.24, 2.45) is 5.10 Å². The average molecular weight is 439 g/mol. The fourth-order valence-electron chi connectivity index (χ4n) is 4.18. The highest BCUT2D eigenvalue weighted by Gasteiger charge is 2.28. The number of ether oxygens (including phenoxy) is 1. The maximum atomic E-state index is 12.7.